The van der Waals surface area contributed by atoms with E-state index in [0.717, 1.165) is 50.7 Å². The minimum Gasteiger partial charge on any atom is -0.493 e. The van der Waals surface area contributed by atoms with Gasteiger partial charge in [-0.3, -0.25) is 4.98 Å². The lowest BCUT2D eigenvalue weighted by Crippen LogP contribution is -2.22. The molecule has 1 aromatic heterocycles. The molecule has 0 amide bonds. The van der Waals surface area contributed by atoms with E-state index in [2.05, 4.69) is 16.4 Å². The van der Waals surface area contributed by atoms with E-state index in [4.69, 9.17) is 9.47 Å². The molecular weight excluding hydrogens is 252 g/mol. The summed E-state index contributed by atoms with van der Waals surface area (Å²) in [5.74, 6) is 1.62. The summed E-state index contributed by atoms with van der Waals surface area (Å²) in [6.07, 6.45) is 6.78. The highest BCUT2D eigenvalue weighted by Crippen LogP contribution is 2.24. The van der Waals surface area contributed by atoms with E-state index < -0.39 is 0 Å². The summed E-state index contributed by atoms with van der Waals surface area (Å²) in [5, 5.41) is 3.53. The predicted octanol–water partition coefficient (Wildman–Crippen LogP) is 2.45. The second-order valence-electron chi connectivity index (χ2n) is 5.96. The Morgan fingerprint density at radius 1 is 1.30 bits per heavy atom. The van der Waals surface area contributed by atoms with Crippen molar-refractivity contribution >= 4 is 0 Å². The molecule has 110 valence electrons. The summed E-state index contributed by atoms with van der Waals surface area (Å²) < 4.78 is 11.5. The fourth-order valence-corrected chi connectivity index (χ4v) is 2.49. The highest BCUT2D eigenvalue weighted by atomic mass is 16.5. The maximum Gasteiger partial charge on any atom is 0.127 e. The highest BCUT2D eigenvalue weighted by molar-refractivity contribution is 5.33. The molecule has 2 heterocycles. The molecule has 20 heavy (non-hydrogen) atoms. The third kappa shape index (κ3) is 3.93. The van der Waals surface area contributed by atoms with Gasteiger partial charge in [-0.05, 0) is 38.5 Å². The number of pyridine rings is 1. The average molecular weight is 276 g/mol. The fourth-order valence-electron chi connectivity index (χ4n) is 2.49. The van der Waals surface area contributed by atoms with E-state index >= 15 is 0 Å². The van der Waals surface area contributed by atoms with E-state index in [1.54, 1.807) is 0 Å². The third-order valence-electron chi connectivity index (χ3n) is 4.05. The van der Waals surface area contributed by atoms with Gasteiger partial charge < -0.3 is 14.8 Å². The van der Waals surface area contributed by atoms with Gasteiger partial charge in [0.05, 0.1) is 6.61 Å². The number of rotatable bonds is 6. The minimum absolute atomic E-state index is 0.626. The molecule has 1 saturated heterocycles. The van der Waals surface area contributed by atoms with Crippen LogP contribution in [-0.4, -0.2) is 30.8 Å². The molecule has 4 heteroatoms. The molecule has 0 aromatic carbocycles. The van der Waals surface area contributed by atoms with Crippen molar-refractivity contribution in [2.45, 2.75) is 45.2 Å². The number of nitrogens with zero attached hydrogens (tertiary/aromatic N) is 1. The fraction of sp³-hybridized carbons (Fsp3) is 0.688. The molecule has 1 N–H and O–H groups in total. The molecule has 1 saturated carbocycles. The summed E-state index contributed by atoms with van der Waals surface area (Å²) in [6, 6.07) is 2.77. The Morgan fingerprint density at radius 3 is 2.85 bits per heavy atom. The van der Waals surface area contributed by atoms with E-state index in [0.29, 0.717) is 12.0 Å². The molecule has 3 rings (SSSR count). The maximum atomic E-state index is 6.07. The Hall–Kier alpha value is -1.13. The highest BCUT2D eigenvalue weighted by Gasteiger charge is 2.21. The Morgan fingerprint density at radius 2 is 2.10 bits per heavy atom. The van der Waals surface area contributed by atoms with Crippen LogP contribution in [0.3, 0.4) is 0 Å². The van der Waals surface area contributed by atoms with Crippen LogP contribution in [0.2, 0.25) is 0 Å². The van der Waals surface area contributed by atoms with Gasteiger partial charge in [0, 0.05) is 49.3 Å². The zero-order valence-electron chi connectivity index (χ0n) is 12.2. The van der Waals surface area contributed by atoms with Crippen LogP contribution >= 0.6 is 0 Å². The van der Waals surface area contributed by atoms with Gasteiger partial charge in [-0.25, -0.2) is 0 Å². The van der Waals surface area contributed by atoms with Crippen LogP contribution in [0, 0.1) is 12.8 Å². The van der Waals surface area contributed by atoms with E-state index in [1.807, 2.05) is 13.1 Å². The number of hydrogen-bond acceptors (Lipinski definition) is 4. The van der Waals surface area contributed by atoms with Crippen LogP contribution < -0.4 is 10.1 Å². The summed E-state index contributed by atoms with van der Waals surface area (Å²) in [7, 11) is 0. The van der Waals surface area contributed by atoms with E-state index in [1.165, 1.54) is 18.4 Å². The van der Waals surface area contributed by atoms with Crippen LogP contribution in [-0.2, 0) is 11.3 Å². The van der Waals surface area contributed by atoms with Crippen LogP contribution in [0.15, 0.2) is 12.3 Å². The van der Waals surface area contributed by atoms with Crippen molar-refractivity contribution in [3.05, 3.63) is 23.5 Å². The largest absolute Gasteiger partial charge is 0.493 e. The van der Waals surface area contributed by atoms with Gasteiger partial charge >= 0.3 is 0 Å². The number of hydrogen-bond donors (Lipinski definition) is 1. The first-order valence-corrected chi connectivity index (χ1v) is 7.71. The Kier molecular flexibility index (Phi) is 4.53. The van der Waals surface area contributed by atoms with E-state index in [9.17, 15) is 0 Å². The smallest absolute Gasteiger partial charge is 0.127 e. The van der Waals surface area contributed by atoms with E-state index in [-0.39, 0.29) is 0 Å². The molecular formula is C16H24N2O2. The number of aryl methyl sites for hydroxylation is 1. The number of aromatic nitrogens is 1. The van der Waals surface area contributed by atoms with Gasteiger partial charge in [0.15, 0.2) is 0 Å². The molecule has 1 aromatic rings. The van der Waals surface area contributed by atoms with Crippen LogP contribution in [0.5, 0.6) is 5.75 Å². The Bertz CT molecular complexity index is 440. The average Bonchev–Trinajstić information content (AvgIpc) is 3.29. The van der Waals surface area contributed by atoms with Crippen molar-refractivity contribution in [2.24, 2.45) is 5.92 Å². The molecule has 0 atom stereocenters. The molecule has 4 nitrogen and oxygen atoms in total. The first-order valence-electron chi connectivity index (χ1n) is 7.71. The van der Waals surface area contributed by atoms with Gasteiger partial charge in [-0.1, -0.05) is 0 Å². The number of nitrogens with one attached hydrogen (secondary N) is 1. The van der Waals surface area contributed by atoms with Gasteiger partial charge in [0.1, 0.15) is 5.75 Å². The lowest BCUT2D eigenvalue weighted by molar-refractivity contribution is 0.0496. The van der Waals surface area contributed by atoms with Crippen molar-refractivity contribution in [1.82, 2.24) is 10.3 Å². The first-order chi connectivity index (χ1) is 9.81. The molecule has 1 aliphatic heterocycles. The van der Waals surface area contributed by atoms with Crippen LogP contribution in [0.4, 0.5) is 0 Å². The van der Waals surface area contributed by atoms with Crippen molar-refractivity contribution in [3.63, 3.8) is 0 Å². The first kappa shape index (κ1) is 13.8. The molecule has 0 radical (unpaired) electrons. The van der Waals surface area contributed by atoms with Crippen molar-refractivity contribution in [2.75, 3.05) is 19.8 Å². The summed E-state index contributed by atoms with van der Waals surface area (Å²) in [4.78, 5) is 4.39. The topological polar surface area (TPSA) is 43.4 Å². The molecule has 0 bridgehead atoms. The molecule has 0 unspecified atom stereocenters. The van der Waals surface area contributed by atoms with Crippen molar-refractivity contribution < 1.29 is 9.47 Å². The van der Waals surface area contributed by atoms with Gasteiger partial charge in [0.25, 0.3) is 0 Å². The van der Waals surface area contributed by atoms with Gasteiger partial charge in [0.2, 0.25) is 0 Å². The quantitative estimate of drug-likeness (QED) is 0.866. The van der Waals surface area contributed by atoms with Crippen LogP contribution in [0.1, 0.15) is 36.9 Å². The molecule has 2 fully saturated rings. The zero-order chi connectivity index (χ0) is 13.8. The Labute approximate surface area is 120 Å². The summed E-state index contributed by atoms with van der Waals surface area (Å²) in [5.41, 5.74) is 2.19. The second-order valence-corrected chi connectivity index (χ2v) is 5.96. The zero-order valence-corrected chi connectivity index (χ0v) is 12.2. The predicted molar refractivity (Wildman–Crippen MR) is 77.9 cm³/mol. The second kappa shape index (κ2) is 6.55. The third-order valence-corrected chi connectivity index (χ3v) is 4.05. The standard InChI is InChI=1S/C16H24N2O2/c1-12-8-16(20-11-13-4-6-19-7-5-13)14(9-17-12)10-18-15-2-3-15/h8-9,13,15,18H,2-7,10-11H2,1H3. The lowest BCUT2D eigenvalue weighted by Gasteiger charge is -2.23. The SMILES string of the molecule is Cc1cc(OCC2CCOCC2)c(CNC2CC2)cn1. The lowest BCUT2D eigenvalue weighted by atomic mass is 10.0. The molecule has 1 aliphatic carbocycles. The summed E-state index contributed by atoms with van der Waals surface area (Å²) in [6.45, 7) is 5.42. The number of ether oxygens (including phenoxy) is 2. The maximum absolute atomic E-state index is 6.07. The van der Waals surface area contributed by atoms with Crippen molar-refractivity contribution in [3.8, 4) is 5.75 Å². The van der Waals surface area contributed by atoms with Crippen molar-refractivity contribution in [1.29, 1.82) is 0 Å². The van der Waals surface area contributed by atoms with Gasteiger partial charge in [-0.15, -0.1) is 0 Å². The molecule has 0 spiro atoms. The van der Waals surface area contributed by atoms with Gasteiger partial charge in [-0.2, -0.15) is 0 Å². The monoisotopic (exact) mass is 276 g/mol. The summed E-state index contributed by atoms with van der Waals surface area (Å²) >= 11 is 0. The Balaban J connectivity index is 1.58. The minimum atomic E-state index is 0.626. The van der Waals surface area contributed by atoms with Crippen LogP contribution in [0.25, 0.3) is 0 Å². The molecule has 2 aliphatic rings. The normalized spacial score (nSPS) is 20.1.